The van der Waals surface area contributed by atoms with E-state index in [-0.39, 0.29) is 5.75 Å². The first-order chi connectivity index (χ1) is 7.54. The van der Waals surface area contributed by atoms with Crippen molar-refractivity contribution >= 4 is 32.1 Å². The number of phosphoric acid groups is 1. The number of hydrogen-bond acceptors (Lipinski definition) is 4. The minimum Gasteiger partial charge on any atom is -0.404 e. The number of rotatable bonds is 2. The number of phosphoric ester groups is 1. The van der Waals surface area contributed by atoms with Crippen LogP contribution in [-0.2, 0) is 4.57 Å². The van der Waals surface area contributed by atoms with Crippen LogP contribution < -0.4 is 4.52 Å². The zero-order valence-corrected chi connectivity index (χ0v) is 9.69. The highest BCUT2D eigenvalue weighted by atomic mass is 32.2. The summed E-state index contributed by atoms with van der Waals surface area (Å²) >= 11 is 1.22. The highest BCUT2D eigenvalue weighted by Crippen LogP contribution is 2.39. The van der Waals surface area contributed by atoms with Crippen LogP contribution in [0.25, 0.3) is 6.08 Å². The van der Waals surface area contributed by atoms with Crippen LogP contribution in [0.5, 0.6) is 5.75 Å². The largest absolute Gasteiger partial charge is 0.524 e. The topological polar surface area (TPSA) is 79.1 Å². The molecule has 0 spiro atoms. The lowest BCUT2D eigenvalue weighted by atomic mass is 10.2. The molecule has 0 aliphatic carbocycles. The monoisotopic (exact) mass is 257 g/mol. The van der Waals surface area contributed by atoms with Crippen molar-refractivity contribution in [2.75, 3.05) is 0 Å². The van der Waals surface area contributed by atoms with Crippen molar-refractivity contribution in [1.29, 1.82) is 0 Å². The number of hydrogen-bond donors (Lipinski definition) is 2. The lowest BCUT2D eigenvalue weighted by Gasteiger charge is -2.08. The Morgan fingerprint density at radius 1 is 1.38 bits per heavy atom. The fourth-order valence-electron chi connectivity index (χ4n) is 1.19. The molecule has 7 heteroatoms. The van der Waals surface area contributed by atoms with Gasteiger partial charge in [-0.2, -0.15) is 0 Å². The molecule has 0 aromatic heterocycles. The average Bonchev–Trinajstić information content (AvgIpc) is 2.39. The lowest BCUT2D eigenvalue weighted by Crippen LogP contribution is -1.90. The minimum absolute atomic E-state index is 0.130. The Bertz CT molecular complexity index is 508. The van der Waals surface area contributed by atoms with Crippen molar-refractivity contribution in [3.05, 3.63) is 29.8 Å². The first kappa shape index (κ1) is 11.4. The summed E-state index contributed by atoms with van der Waals surface area (Å²) in [7, 11) is -4.50. The summed E-state index contributed by atoms with van der Waals surface area (Å²) in [6.07, 6.45) is 5.30. The van der Waals surface area contributed by atoms with Crippen LogP contribution in [0.2, 0.25) is 0 Å². The zero-order valence-electron chi connectivity index (χ0n) is 7.98. The molecule has 1 aromatic rings. The highest BCUT2D eigenvalue weighted by Gasteiger charge is 2.16. The molecule has 0 unspecified atom stereocenters. The van der Waals surface area contributed by atoms with Gasteiger partial charge < -0.3 is 4.52 Å². The van der Waals surface area contributed by atoms with Crippen LogP contribution in [0, 0.1) is 0 Å². The maximum atomic E-state index is 10.7. The van der Waals surface area contributed by atoms with Gasteiger partial charge in [-0.15, -0.1) is 0 Å². The SMILES string of the molecule is O=P(O)(O)Oc1ccc2c(c1)SN=CC=C2. The molecule has 2 N–H and O–H groups in total. The zero-order chi connectivity index (χ0) is 11.6. The molecule has 0 bridgehead atoms. The summed E-state index contributed by atoms with van der Waals surface area (Å²) < 4.78 is 19.1. The summed E-state index contributed by atoms with van der Waals surface area (Å²) in [5.41, 5.74) is 0.931. The van der Waals surface area contributed by atoms with E-state index in [0.717, 1.165) is 10.5 Å². The van der Waals surface area contributed by atoms with Crippen LogP contribution in [0.3, 0.4) is 0 Å². The lowest BCUT2D eigenvalue weighted by molar-refractivity contribution is 0.283. The molecule has 0 saturated heterocycles. The van der Waals surface area contributed by atoms with Crippen molar-refractivity contribution < 1.29 is 18.9 Å². The second kappa shape index (κ2) is 4.43. The van der Waals surface area contributed by atoms with Crippen LogP contribution in [0.15, 0.2) is 33.6 Å². The van der Waals surface area contributed by atoms with Gasteiger partial charge in [0.2, 0.25) is 0 Å². The maximum Gasteiger partial charge on any atom is 0.524 e. The Morgan fingerprint density at radius 2 is 2.19 bits per heavy atom. The molecule has 1 aliphatic rings. The average molecular weight is 257 g/mol. The summed E-state index contributed by atoms with van der Waals surface area (Å²) in [6, 6.07) is 4.78. The molecule has 2 rings (SSSR count). The van der Waals surface area contributed by atoms with E-state index in [9.17, 15) is 4.57 Å². The van der Waals surface area contributed by atoms with E-state index in [0.29, 0.717) is 0 Å². The molecule has 84 valence electrons. The van der Waals surface area contributed by atoms with Gasteiger partial charge in [-0.3, -0.25) is 9.79 Å². The van der Waals surface area contributed by atoms with Crippen molar-refractivity contribution in [3.63, 3.8) is 0 Å². The number of nitrogens with zero attached hydrogens (tertiary/aromatic N) is 1. The van der Waals surface area contributed by atoms with Gasteiger partial charge in [0, 0.05) is 23.1 Å². The van der Waals surface area contributed by atoms with Gasteiger partial charge in [0.25, 0.3) is 0 Å². The molecule has 5 nitrogen and oxygen atoms in total. The van der Waals surface area contributed by atoms with E-state index >= 15 is 0 Å². The van der Waals surface area contributed by atoms with Crippen LogP contribution in [-0.4, -0.2) is 16.0 Å². The first-order valence-corrected chi connectivity index (χ1v) is 6.61. The summed E-state index contributed by atoms with van der Waals surface area (Å²) in [4.78, 5) is 18.1. The minimum atomic E-state index is -4.50. The second-order valence-electron chi connectivity index (χ2n) is 2.99. The van der Waals surface area contributed by atoms with Crippen molar-refractivity contribution in [2.45, 2.75) is 4.90 Å². The van der Waals surface area contributed by atoms with Crippen molar-refractivity contribution in [2.24, 2.45) is 4.40 Å². The molecular formula is C9H8NO4PS. The van der Waals surface area contributed by atoms with Crippen LogP contribution >= 0.6 is 19.8 Å². The molecule has 1 aromatic carbocycles. The predicted molar refractivity (Wildman–Crippen MR) is 62.5 cm³/mol. The molecule has 1 aliphatic heterocycles. The molecule has 0 radical (unpaired) electrons. The van der Waals surface area contributed by atoms with E-state index in [1.807, 2.05) is 6.08 Å². The fraction of sp³-hybridized carbons (Fsp3) is 0. The second-order valence-corrected chi connectivity index (χ2v) is 4.98. The first-order valence-electron chi connectivity index (χ1n) is 4.31. The molecule has 0 amide bonds. The molecular weight excluding hydrogens is 249 g/mol. The Hall–Kier alpha value is -1.07. The maximum absolute atomic E-state index is 10.7. The number of fused-ring (bicyclic) bond motifs is 1. The van der Waals surface area contributed by atoms with E-state index in [1.54, 1.807) is 24.4 Å². The normalized spacial score (nSPS) is 14.4. The van der Waals surface area contributed by atoms with E-state index in [4.69, 9.17) is 9.79 Å². The number of allylic oxidation sites excluding steroid dienone is 1. The third kappa shape index (κ3) is 2.96. The Labute approximate surface area is 96.2 Å². The molecule has 0 atom stereocenters. The summed E-state index contributed by atoms with van der Waals surface area (Å²) in [5.74, 6) is 0.130. The van der Waals surface area contributed by atoms with Gasteiger partial charge in [0.05, 0.1) is 0 Å². The fourth-order valence-corrected chi connectivity index (χ4v) is 2.24. The van der Waals surface area contributed by atoms with Crippen molar-refractivity contribution in [3.8, 4) is 5.75 Å². The van der Waals surface area contributed by atoms with Crippen molar-refractivity contribution in [1.82, 2.24) is 0 Å². The van der Waals surface area contributed by atoms with Crippen LogP contribution in [0.1, 0.15) is 5.56 Å². The van der Waals surface area contributed by atoms with Gasteiger partial charge in [0.1, 0.15) is 5.75 Å². The molecule has 0 saturated carbocycles. The van der Waals surface area contributed by atoms with Gasteiger partial charge in [-0.25, -0.2) is 8.96 Å². The number of benzene rings is 1. The predicted octanol–water partition coefficient (Wildman–Crippen LogP) is 2.26. The molecule has 1 heterocycles. The van der Waals surface area contributed by atoms with Gasteiger partial charge in [0.15, 0.2) is 0 Å². The summed E-state index contributed by atoms with van der Waals surface area (Å²) in [6.45, 7) is 0. The third-order valence-corrected chi connectivity index (χ3v) is 3.01. The quantitative estimate of drug-likeness (QED) is 0.627. The van der Waals surface area contributed by atoms with Gasteiger partial charge in [-0.05, 0) is 23.8 Å². The van der Waals surface area contributed by atoms with Crippen LogP contribution in [0.4, 0.5) is 0 Å². The third-order valence-electron chi connectivity index (χ3n) is 1.78. The van der Waals surface area contributed by atoms with Gasteiger partial charge >= 0.3 is 7.82 Å². The Kier molecular flexibility index (Phi) is 3.16. The Balaban J connectivity index is 2.32. The van der Waals surface area contributed by atoms with E-state index < -0.39 is 7.82 Å². The Morgan fingerprint density at radius 3 is 2.94 bits per heavy atom. The standard InChI is InChI=1S/C9H8NO4PS/c11-15(12,13)14-8-4-3-7-2-1-5-10-16-9(7)6-8/h1-6H,(H2,11,12,13). The summed E-state index contributed by atoms with van der Waals surface area (Å²) in [5, 5.41) is 0. The van der Waals surface area contributed by atoms with Gasteiger partial charge in [-0.1, -0.05) is 12.1 Å². The molecule has 16 heavy (non-hydrogen) atoms. The highest BCUT2D eigenvalue weighted by molar-refractivity contribution is 7.98. The van der Waals surface area contributed by atoms with E-state index in [2.05, 4.69) is 8.92 Å². The smallest absolute Gasteiger partial charge is 0.404 e. The van der Waals surface area contributed by atoms with E-state index in [1.165, 1.54) is 18.0 Å². The molecule has 0 fully saturated rings.